The van der Waals surface area contributed by atoms with Crippen molar-refractivity contribution in [1.29, 1.82) is 0 Å². The van der Waals surface area contributed by atoms with E-state index in [2.05, 4.69) is 26.9 Å². The molecule has 17 heavy (non-hydrogen) atoms. The Morgan fingerprint density at radius 3 is 3.06 bits per heavy atom. The van der Waals surface area contributed by atoms with Gasteiger partial charge in [0.2, 0.25) is 12.3 Å². The quantitative estimate of drug-likeness (QED) is 0.826. The van der Waals surface area contributed by atoms with E-state index in [0.29, 0.717) is 18.3 Å². The van der Waals surface area contributed by atoms with Gasteiger partial charge < -0.3 is 14.7 Å². The predicted octanol–water partition coefficient (Wildman–Crippen LogP) is 0.416. The first-order valence-corrected chi connectivity index (χ1v) is 5.92. The molecule has 1 aromatic heterocycles. The van der Waals surface area contributed by atoms with E-state index in [-0.39, 0.29) is 11.9 Å². The highest BCUT2D eigenvalue weighted by Crippen LogP contribution is 2.18. The summed E-state index contributed by atoms with van der Waals surface area (Å²) in [6.07, 6.45) is 3.23. The molecule has 0 saturated carbocycles. The Kier molecular flexibility index (Phi) is 3.73. The second kappa shape index (κ2) is 5.27. The fourth-order valence-electron chi connectivity index (χ4n) is 2.20. The first-order chi connectivity index (χ1) is 8.20. The molecular weight excluding hydrogens is 220 g/mol. The zero-order chi connectivity index (χ0) is 12.3. The van der Waals surface area contributed by atoms with Gasteiger partial charge in [0.15, 0.2) is 5.82 Å². The summed E-state index contributed by atoms with van der Waals surface area (Å²) in [5, 5.41) is 6.82. The van der Waals surface area contributed by atoms with Crippen molar-refractivity contribution >= 4 is 5.91 Å². The van der Waals surface area contributed by atoms with Crippen LogP contribution in [0.4, 0.5) is 0 Å². The molecule has 6 heteroatoms. The van der Waals surface area contributed by atoms with Gasteiger partial charge in [-0.25, -0.2) is 0 Å². The highest BCUT2D eigenvalue weighted by atomic mass is 16.5. The van der Waals surface area contributed by atoms with Crippen LogP contribution >= 0.6 is 0 Å². The Balaban J connectivity index is 2.09. The Labute approximate surface area is 100 Å². The molecule has 0 radical (unpaired) electrons. The molecule has 0 aromatic carbocycles. The Morgan fingerprint density at radius 2 is 2.41 bits per heavy atom. The first-order valence-electron chi connectivity index (χ1n) is 5.92. The van der Waals surface area contributed by atoms with Gasteiger partial charge in [-0.2, -0.15) is 4.98 Å². The molecule has 2 atom stereocenters. The lowest BCUT2D eigenvalue weighted by Gasteiger charge is -2.23. The number of carbonyl (C=O) groups excluding carboxylic acids is 1. The molecule has 1 aliphatic rings. The van der Waals surface area contributed by atoms with E-state index in [4.69, 9.17) is 0 Å². The molecule has 2 unspecified atom stereocenters. The number of aromatic nitrogens is 2. The normalized spacial score (nSPS) is 26.0. The van der Waals surface area contributed by atoms with E-state index in [1.807, 2.05) is 11.9 Å². The van der Waals surface area contributed by atoms with Crippen LogP contribution in [-0.2, 0) is 11.3 Å². The fraction of sp³-hybridized carbons (Fsp3) is 0.727. The third kappa shape index (κ3) is 2.82. The summed E-state index contributed by atoms with van der Waals surface area (Å²) in [6, 6.07) is -0.0909. The van der Waals surface area contributed by atoms with E-state index in [1.54, 1.807) is 0 Å². The Morgan fingerprint density at radius 1 is 1.59 bits per heavy atom. The molecule has 1 aromatic rings. The van der Waals surface area contributed by atoms with Crippen molar-refractivity contribution in [3.63, 3.8) is 0 Å². The van der Waals surface area contributed by atoms with E-state index in [0.717, 1.165) is 19.4 Å². The summed E-state index contributed by atoms with van der Waals surface area (Å²) < 4.78 is 4.69. The summed E-state index contributed by atoms with van der Waals surface area (Å²) >= 11 is 0. The van der Waals surface area contributed by atoms with Gasteiger partial charge in [-0.05, 0) is 25.8 Å². The molecule has 94 valence electrons. The molecule has 0 aliphatic carbocycles. The number of carbonyl (C=O) groups is 1. The van der Waals surface area contributed by atoms with E-state index in [1.165, 1.54) is 6.39 Å². The number of hydrogen-bond acceptors (Lipinski definition) is 5. The van der Waals surface area contributed by atoms with Crippen LogP contribution < -0.4 is 5.32 Å². The highest BCUT2D eigenvalue weighted by Gasteiger charge is 2.29. The van der Waals surface area contributed by atoms with Gasteiger partial charge in [0.25, 0.3) is 0 Å². The van der Waals surface area contributed by atoms with Crippen molar-refractivity contribution in [2.75, 3.05) is 13.6 Å². The lowest BCUT2D eigenvalue weighted by atomic mass is 10.0. The number of nitrogens with zero attached hydrogens (tertiary/aromatic N) is 3. The average Bonchev–Trinajstić information content (AvgIpc) is 2.77. The standard InChI is InChI=1S/C11H18N4O2/c1-8-3-4-9(12-2)11(16)15(5-8)6-10-13-7-17-14-10/h7-9,12H,3-6H2,1-2H3. The molecule has 1 saturated heterocycles. The smallest absolute Gasteiger partial charge is 0.240 e. The Hall–Kier alpha value is -1.43. The Bertz CT molecular complexity index is 366. The van der Waals surface area contributed by atoms with Crippen LogP contribution in [0.1, 0.15) is 25.6 Å². The minimum absolute atomic E-state index is 0.0909. The molecule has 2 rings (SSSR count). The monoisotopic (exact) mass is 238 g/mol. The molecule has 1 N–H and O–H groups in total. The maximum atomic E-state index is 12.2. The third-order valence-corrected chi connectivity index (χ3v) is 3.18. The fourth-order valence-corrected chi connectivity index (χ4v) is 2.20. The maximum absolute atomic E-state index is 12.2. The molecule has 0 spiro atoms. The largest absolute Gasteiger partial charge is 0.343 e. The summed E-state index contributed by atoms with van der Waals surface area (Å²) in [4.78, 5) is 18.0. The number of rotatable bonds is 3. The van der Waals surface area contributed by atoms with Gasteiger partial charge in [-0.3, -0.25) is 4.79 Å². The summed E-state index contributed by atoms with van der Waals surface area (Å²) in [5.74, 6) is 1.19. The summed E-state index contributed by atoms with van der Waals surface area (Å²) in [7, 11) is 1.82. The van der Waals surface area contributed by atoms with Crippen molar-refractivity contribution < 1.29 is 9.32 Å². The van der Waals surface area contributed by atoms with Crippen LogP contribution in [0.15, 0.2) is 10.9 Å². The number of amides is 1. The molecule has 1 fully saturated rings. The molecule has 1 aliphatic heterocycles. The lowest BCUT2D eigenvalue weighted by Crippen LogP contribution is -2.44. The van der Waals surface area contributed by atoms with E-state index in [9.17, 15) is 4.79 Å². The van der Waals surface area contributed by atoms with Crippen molar-refractivity contribution in [1.82, 2.24) is 20.4 Å². The zero-order valence-electron chi connectivity index (χ0n) is 10.2. The van der Waals surface area contributed by atoms with Crippen molar-refractivity contribution in [3.05, 3.63) is 12.2 Å². The lowest BCUT2D eigenvalue weighted by molar-refractivity contribution is -0.133. The number of nitrogens with one attached hydrogen (secondary N) is 1. The second-order valence-electron chi connectivity index (χ2n) is 4.59. The zero-order valence-corrected chi connectivity index (χ0v) is 10.2. The summed E-state index contributed by atoms with van der Waals surface area (Å²) in [5.41, 5.74) is 0. The average molecular weight is 238 g/mol. The van der Waals surface area contributed by atoms with Crippen molar-refractivity contribution in [2.45, 2.75) is 32.4 Å². The second-order valence-corrected chi connectivity index (χ2v) is 4.59. The third-order valence-electron chi connectivity index (χ3n) is 3.18. The van der Waals surface area contributed by atoms with Crippen LogP contribution in [0, 0.1) is 5.92 Å². The predicted molar refractivity (Wildman–Crippen MR) is 61.0 cm³/mol. The highest BCUT2D eigenvalue weighted by molar-refractivity contribution is 5.82. The van der Waals surface area contributed by atoms with E-state index >= 15 is 0 Å². The van der Waals surface area contributed by atoms with Crippen LogP contribution in [0.25, 0.3) is 0 Å². The minimum atomic E-state index is -0.0909. The van der Waals surface area contributed by atoms with Gasteiger partial charge in [0.05, 0.1) is 12.6 Å². The maximum Gasteiger partial charge on any atom is 0.240 e. The minimum Gasteiger partial charge on any atom is -0.343 e. The van der Waals surface area contributed by atoms with Crippen LogP contribution in [0.2, 0.25) is 0 Å². The molecule has 1 amide bonds. The van der Waals surface area contributed by atoms with Crippen LogP contribution in [-0.4, -0.2) is 40.6 Å². The molecular formula is C11H18N4O2. The number of likely N-dealkylation sites (N-methyl/N-ethyl adjacent to an activating group) is 1. The summed E-state index contributed by atoms with van der Waals surface area (Å²) in [6.45, 7) is 3.35. The van der Waals surface area contributed by atoms with Gasteiger partial charge >= 0.3 is 0 Å². The van der Waals surface area contributed by atoms with Gasteiger partial charge in [0.1, 0.15) is 0 Å². The number of hydrogen-bond donors (Lipinski definition) is 1. The van der Waals surface area contributed by atoms with Crippen molar-refractivity contribution in [2.24, 2.45) is 5.92 Å². The van der Waals surface area contributed by atoms with Gasteiger partial charge in [-0.15, -0.1) is 0 Å². The van der Waals surface area contributed by atoms with Crippen LogP contribution in [0.5, 0.6) is 0 Å². The SMILES string of the molecule is CNC1CCC(C)CN(Cc2ncon2)C1=O. The molecule has 6 nitrogen and oxygen atoms in total. The topological polar surface area (TPSA) is 71.3 Å². The number of likely N-dealkylation sites (tertiary alicyclic amines) is 1. The molecule has 0 bridgehead atoms. The van der Waals surface area contributed by atoms with E-state index < -0.39 is 0 Å². The van der Waals surface area contributed by atoms with Gasteiger partial charge in [0, 0.05) is 6.54 Å². The molecule has 2 heterocycles. The van der Waals surface area contributed by atoms with Crippen molar-refractivity contribution in [3.8, 4) is 0 Å². The van der Waals surface area contributed by atoms with Crippen LogP contribution in [0.3, 0.4) is 0 Å². The first kappa shape index (κ1) is 12.0. The van der Waals surface area contributed by atoms with Gasteiger partial charge in [-0.1, -0.05) is 12.1 Å².